The molecule has 0 N–H and O–H groups in total. The Hall–Kier alpha value is -4.16. The number of carbonyl (C=O) groups is 3. The van der Waals surface area contributed by atoms with Crippen LogP contribution in [0.2, 0.25) is 0 Å². The normalized spacial score (nSPS) is 11.4. The molecule has 0 spiro atoms. The molecule has 13 heteroatoms. The molecule has 12 nitrogen and oxygen atoms in total. The fourth-order valence-electron chi connectivity index (χ4n) is 4.21. The van der Waals surface area contributed by atoms with Gasteiger partial charge in [-0.25, -0.2) is 9.59 Å². The third-order valence-electron chi connectivity index (χ3n) is 6.65. The Morgan fingerprint density at radius 1 is 0.978 bits per heavy atom. The third-order valence-corrected chi connectivity index (χ3v) is 6.65. The molecule has 0 saturated heterocycles. The second-order valence-corrected chi connectivity index (χ2v) is 9.73. The van der Waals surface area contributed by atoms with E-state index >= 15 is 0 Å². The van der Waals surface area contributed by atoms with Gasteiger partial charge in [-0.15, -0.1) is 22.5 Å². The highest BCUT2D eigenvalue weighted by molar-refractivity contribution is 5.93. The van der Waals surface area contributed by atoms with Gasteiger partial charge in [0.2, 0.25) is 0 Å². The molecule has 248 valence electrons. The minimum Gasteiger partial charge on any atom is -0.493 e. The van der Waals surface area contributed by atoms with Crippen LogP contribution < -0.4 is 9.47 Å². The number of halogens is 1. The molecule has 2 rings (SSSR count). The minimum atomic E-state index is -0.868. The van der Waals surface area contributed by atoms with Gasteiger partial charge in [-0.2, -0.15) is 0 Å². The molecule has 0 aliphatic heterocycles. The molecule has 0 heterocycles. The lowest BCUT2D eigenvalue weighted by Gasteiger charge is -2.23. The van der Waals surface area contributed by atoms with E-state index in [0.29, 0.717) is 30.4 Å². The van der Waals surface area contributed by atoms with Crippen molar-refractivity contribution in [3.8, 4) is 11.5 Å². The second-order valence-electron chi connectivity index (χ2n) is 9.73. The molecule has 0 bridgehead atoms. The van der Waals surface area contributed by atoms with Gasteiger partial charge in [0.1, 0.15) is 6.10 Å². The van der Waals surface area contributed by atoms with Crippen LogP contribution in [0.15, 0.2) is 48.5 Å². The summed E-state index contributed by atoms with van der Waals surface area (Å²) >= 11 is 0. The van der Waals surface area contributed by atoms with E-state index in [0.717, 1.165) is 25.9 Å². The van der Waals surface area contributed by atoms with E-state index in [2.05, 4.69) is 4.84 Å². The molecule has 0 amide bonds. The van der Waals surface area contributed by atoms with Crippen molar-refractivity contribution in [1.82, 2.24) is 4.90 Å². The number of rotatable bonds is 20. The van der Waals surface area contributed by atoms with Crippen molar-refractivity contribution in [3.05, 3.63) is 75.3 Å². The Bertz CT molecular complexity index is 1270. The van der Waals surface area contributed by atoms with Gasteiger partial charge >= 0.3 is 17.9 Å². The van der Waals surface area contributed by atoms with Crippen LogP contribution in [0.25, 0.3) is 6.08 Å². The highest BCUT2D eigenvalue weighted by Gasteiger charge is 2.24. The summed E-state index contributed by atoms with van der Waals surface area (Å²) in [6.07, 6.45) is 5.21. The molecule has 0 saturated carbocycles. The minimum absolute atomic E-state index is 0. The summed E-state index contributed by atoms with van der Waals surface area (Å²) in [4.78, 5) is 54.4. The molecular formula is C32H43ClN2O10. The first-order valence-corrected chi connectivity index (χ1v) is 14.7. The fourth-order valence-corrected chi connectivity index (χ4v) is 4.21. The van der Waals surface area contributed by atoms with Gasteiger partial charge in [-0.3, -0.25) is 9.69 Å². The lowest BCUT2D eigenvalue weighted by atomic mass is 9.98. The van der Waals surface area contributed by atoms with Gasteiger partial charge in [-0.1, -0.05) is 51.5 Å². The number of benzene rings is 2. The lowest BCUT2D eigenvalue weighted by molar-refractivity contribution is -0.757. The standard InChI is InChI=1S/C32H42N2O10.ClH/c1-5-8-15-27(43-31(36)23-33(6-2)7-3)25-13-9-10-14-26(25)32(37)44-28-18-16-24(22-29(28)40-4)17-19-30(35)41-20-11-12-21-42-34(38)39;/h9-10,13-14,16-19,22,27H,5-8,11-12,15,20-21,23H2,1-4H3;1H/b19-17+;/t27-;/m1./s1. The first kappa shape index (κ1) is 38.9. The summed E-state index contributed by atoms with van der Waals surface area (Å²) in [6.45, 7) is 7.65. The summed E-state index contributed by atoms with van der Waals surface area (Å²) in [6, 6.07) is 11.7. The molecule has 2 aromatic rings. The zero-order valence-corrected chi connectivity index (χ0v) is 27.0. The van der Waals surface area contributed by atoms with Crippen LogP contribution >= 0.6 is 12.4 Å². The Labute approximate surface area is 270 Å². The first-order chi connectivity index (χ1) is 21.2. The molecule has 45 heavy (non-hydrogen) atoms. The fraction of sp³-hybridized carbons (Fsp3) is 0.469. The van der Waals surface area contributed by atoms with Crippen molar-refractivity contribution in [2.24, 2.45) is 0 Å². The average molecular weight is 651 g/mol. The van der Waals surface area contributed by atoms with Crippen molar-refractivity contribution in [3.63, 3.8) is 0 Å². The maximum Gasteiger partial charge on any atom is 0.344 e. The molecule has 2 aromatic carbocycles. The van der Waals surface area contributed by atoms with Crippen LogP contribution in [-0.2, 0) is 23.9 Å². The van der Waals surface area contributed by atoms with Crippen molar-refractivity contribution in [2.75, 3.05) is 40.0 Å². The largest absolute Gasteiger partial charge is 0.493 e. The number of likely N-dealkylation sites (N-methyl/N-ethyl adjacent to an activating group) is 1. The van der Waals surface area contributed by atoms with Gasteiger partial charge in [0.25, 0.3) is 5.09 Å². The van der Waals surface area contributed by atoms with Crippen LogP contribution in [0, 0.1) is 10.1 Å². The molecule has 0 aliphatic rings. The molecule has 0 aromatic heterocycles. The first-order valence-electron chi connectivity index (χ1n) is 14.7. The van der Waals surface area contributed by atoms with Crippen LogP contribution in [-0.4, -0.2) is 67.9 Å². The maximum absolute atomic E-state index is 13.4. The SMILES string of the molecule is CCCC[C@@H](OC(=O)CN(CC)CC)c1ccccc1C(=O)Oc1ccc(/C=C/C(=O)OCCCCO[N+](=O)[O-])cc1OC.Cl. The van der Waals surface area contributed by atoms with Crippen molar-refractivity contribution >= 4 is 36.4 Å². The van der Waals surface area contributed by atoms with E-state index < -0.39 is 23.1 Å². The molecule has 0 radical (unpaired) electrons. The van der Waals surface area contributed by atoms with E-state index in [1.54, 1.807) is 42.5 Å². The van der Waals surface area contributed by atoms with Gasteiger partial charge in [-0.05, 0) is 68.6 Å². The average Bonchev–Trinajstić information content (AvgIpc) is 3.02. The third kappa shape index (κ3) is 14.0. The van der Waals surface area contributed by atoms with Crippen molar-refractivity contribution in [2.45, 2.75) is 59.0 Å². The topological polar surface area (TPSA) is 144 Å². The summed E-state index contributed by atoms with van der Waals surface area (Å²) < 4.78 is 22.1. The van der Waals surface area contributed by atoms with Gasteiger partial charge in [0, 0.05) is 11.6 Å². The van der Waals surface area contributed by atoms with Crippen LogP contribution in [0.3, 0.4) is 0 Å². The Kier molecular flexibility index (Phi) is 18.6. The molecule has 1 atom stereocenters. The highest BCUT2D eigenvalue weighted by atomic mass is 35.5. The van der Waals surface area contributed by atoms with Gasteiger partial charge in [0.15, 0.2) is 11.5 Å². The van der Waals surface area contributed by atoms with E-state index in [1.165, 1.54) is 19.3 Å². The summed E-state index contributed by atoms with van der Waals surface area (Å²) in [5.74, 6) is -1.12. The van der Waals surface area contributed by atoms with Gasteiger partial charge < -0.3 is 23.8 Å². The second kappa shape index (κ2) is 21.5. The van der Waals surface area contributed by atoms with Crippen molar-refractivity contribution < 1.29 is 43.3 Å². The molecule has 0 fully saturated rings. The zero-order chi connectivity index (χ0) is 32.3. The predicted octanol–water partition coefficient (Wildman–Crippen LogP) is 6.00. The Balaban J connectivity index is 0.0000101. The molecule has 0 unspecified atom stereocenters. The maximum atomic E-state index is 13.4. The number of methoxy groups -OCH3 is 1. The van der Waals surface area contributed by atoms with Crippen LogP contribution in [0.5, 0.6) is 11.5 Å². The van der Waals surface area contributed by atoms with Crippen LogP contribution in [0.1, 0.15) is 80.5 Å². The van der Waals surface area contributed by atoms with E-state index in [9.17, 15) is 24.5 Å². The Morgan fingerprint density at radius 2 is 1.69 bits per heavy atom. The van der Waals surface area contributed by atoms with E-state index in [1.807, 2.05) is 25.7 Å². The molecule has 0 aliphatic carbocycles. The van der Waals surface area contributed by atoms with Gasteiger partial charge in [0.05, 0.1) is 32.4 Å². The van der Waals surface area contributed by atoms with Crippen molar-refractivity contribution in [1.29, 1.82) is 0 Å². The number of hydrogen-bond acceptors (Lipinski definition) is 11. The zero-order valence-electron chi connectivity index (χ0n) is 26.2. The number of carbonyl (C=O) groups excluding carboxylic acids is 3. The number of hydrogen-bond donors (Lipinski definition) is 0. The summed E-state index contributed by atoms with van der Waals surface area (Å²) in [5.41, 5.74) is 1.45. The number of esters is 3. The highest BCUT2D eigenvalue weighted by Crippen LogP contribution is 2.32. The smallest absolute Gasteiger partial charge is 0.344 e. The quantitative estimate of drug-likeness (QED) is 0.0416. The monoisotopic (exact) mass is 650 g/mol. The number of unbranched alkanes of at least 4 members (excludes halogenated alkanes) is 2. The van der Waals surface area contributed by atoms with Crippen LogP contribution in [0.4, 0.5) is 0 Å². The summed E-state index contributed by atoms with van der Waals surface area (Å²) in [7, 11) is 1.43. The van der Waals surface area contributed by atoms with E-state index in [-0.39, 0.29) is 55.2 Å². The lowest BCUT2D eigenvalue weighted by Crippen LogP contribution is -2.31. The predicted molar refractivity (Wildman–Crippen MR) is 170 cm³/mol. The molecular weight excluding hydrogens is 608 g/mol. The number of ether oxygens (including phenoxy) is 4. The summed E-state index contributed by atoms with van der Waals surface area (Å²) in [5, 5.41) is 9.26. The number of nitrogens with zero attached hydrogens (tertiary/aromatic N) is 2. The van der Waals surface area contributed by atoms with E-state index in [4.69, 9.17) is 18.9 Å². The Morgan fingerprint density at radius 3 is 2.36 bits per heavy atom.